The van der Waals surface area contributed by atoms with Crippen LogP contribution in [-0.4, -0.2) is 23.5 Å². The van der Waals surface area contributed by atoms with Crippen molar-refractivity contribution in [2.45, 2.75) is 25.6 Å². The maximum atomic E-state index is 13.7. The molecule has 1 atom stereocenters. The Hall–Kier alpha value is -4.10. The van der Waals surface area contributed by atoms with Gasteiger partial charge in [0.15, 0.2) is 11.5 Å². The second-order valence-corrected chi connectivity index (χ2v) is 9.51. The van der Waals surface area contributed by atoms with Gasteiger partial charge in [0.2, 0.25) is 18.6 Å². The third-order valence-corrected chi connectivity index (χ3v) is 6.88. The second kappa shape index (κ2) is 11.1. The number of nitrogens with one attached hydrogen (secondary N) is 1. The van der Waals surface area contributed by atoms with E-state index in [1.54, 1.807) is 4.90 Å². The molecular formula is C29H26N2O4S. The number of ether oxygens (including phenoxy) is 2. The third kappa shape index (κ3) is 5.58. The highest BCUT2D eigenvalue weighted by atomic mass is 32.1. The number of nitrogens with zero attached hydrogens (tertiary/aromatic N) is 1. The Kier molecular flexibility index (Phi) is 7.28. The Morgan fingerprint density at radius 2 is 1.61 bits per heavy atom. The van der Waals surface area contributed by atoms with Gasteiger partial charge in [-0.25, -0.2) is 0 Å². The van der Waals surface area contributed by atoms with Crippen molar-refractivity contribution in [2.75, 3.05) is 6.79 Å². The molecule has 1 N–H and O–H groups in total. The van der Waals surface area contributed by atoms with Gasteiger partial charge in [-0.1, -0.05) is 72.8 Å². The smallest absolute Gasteiger partial charge is 0.247 e. The average molecular weight is 499 g/mol. The number of amides is 2. The first-order valence-electron chi connectivity index (χ1n) is 11.7. The summed E-state index contributed by atoms with van der Waals surface area (Å²) in [6, 6.07) is 27.9. The summed E-state index contributed by atoms with van der Waals surface area (Å²) in [5.74, 6) is 0.961. The quantitative estimate of drug-likeness (QED) is 0.348. The van der Waals surface area contributed by atoms with E-state index in [1.807, 2.05) is 96.4 Å². The van der Waals surface area contributed by atoms with Crippen LogP contribution in [-0.2, 0) is 29.1 Å². The van der Waals surface area contributed by atoms with Crippen LogP contribution in [0.4, 0.5) is 0 Å². The van der Waals surface area contributed by atoms with E-state index < -0.39 is 6.04 Å². The fourth-order valence-corrected chi connectivity index (χ4v) is 4.91. The van der Waals surface area contributed by atoms with Gasteiger partial charge in [-0.3, -0.25) is 9.59 Å². The zero-order valence-electron chi connectivity index (χ0n) is 19.6. The average Bonchev–Trinajstić information content (AvgIpc) is 3.60. The molecule has 2 amide bonds. The molecule has 1 aliphatic rings. The topological polar surface area (TPSA) is 67.9 Å². The zero-order chi connectivity index (χ0) is 24.7. The lowest BCUT2D eigenvalue weighted by molar-refractivity contribution is -0.141. The highest BCUT2D eigenvalue weighted by Gasteiger charge is 2.32. The lowest BCUT2D eigenvalue weighted by Gasteiger charge is -2.31. The fourth-order valence-electron chi connectivity index (χ4n) is 4.21. The van der Waals surface area contributed by atoms with Crippen LogP contribution in [0.15, 0.2) is 96.4 Å². The summed E-state index contributed by atoms with van der Waals surface area (Å²) in [6.45, 7) is 0.799. The van der Waals surface area contributed by atoms with Gasteiger partial charge < -0.3 is 19.7 Å². The molecular weight excluding hydrogens is 472 g/mol. The summed E-state index contributed by atoms with van der Waals surface area (Å²) in [7, 11) is 0. The lowest BCUT2D eigenvalue weighted by Crippen LogP contribution is -2.43. The van der Waals surface area contributed by atoms with Crippen molar-refractivity contribution in [1.82, 2.24) is 10.2 Å². The maximum absolute atomic E-state index is 13.7. The van der Waals surface area contributed by atoms with Crippen molar-refractivity contribution < 1.29 is 19.1 Å². The number of hydrogen-bond donors (Lipinski definition) is 1. The molecule has 1 aromatic heterocycles. The molecule has 0 bridgehead atoms. The third-order valence-electron chi connectivity index (χ3n) is 6.00. The first kappa shape index (κ1) is 23.6. The first-order chi connectivity index (χ1) is 17.7. The molecule has 5 rings (SSSR count). The Morgan fingerprint density at radius 1 is 0.861 bits per heavy atom. The number of thiophene rings is 1. The molecule has 2 heterocycles. The van der Waals surface area contributed by atoms with E-state index in [4.69, 9.17) is 9.47 Å². The predicted octanol–water partition coefficient (Wildman–Crippen LogP) is 5.11. The van der Waals surface area contributed by atoms with Gasteiger partial charge in [0.1, 0.15) is 6.04 Å². The number of carbonyl (C=O) groups excluding carboxylic acids is 2. The van der Waals surface area contributed by atoms with Crippen LogP contribution in [0.1, 0.15) is 27.6 Å². The SMILES string of the molecule is O=C(NCc1ccccc1)[C@H](c1ccccc1)N(Cc1ccc2c(c1)OCO2)C(=O)Cc1cccs1. The number of fused-ring (bicyclic) bond motifs is 1. The number of rotatable bonds is 9. The molecule has 1 aliphatic heterocycles. The minimum atomic E-state index is -0.798. The van der Waals surface area contributed by atoms with Crippen LogP contribution in [0.5, 0.6) is 11.5 Å². The number of hydrogen-bond acceptors (Lipinski definition) is 5. The number of benzene rings is 3. The Morgan fingerprint density at radius 3 is 2.36 bits per heavy atom. The van der Waals surface area contributed by atoms with Crippen molar-refractivity contribution in [2.24, 2.45) is 0 Å². The monoisotopic (exact) mass is 498 g/mol. The highest BCUT2D eigenvalue weighted by molar-refractivity contribution is 7.10. The van der Waals surface area contributed by atoms with Gasteiger partial charge in [0, 0.05) is 18.0 Å². The van der Waals surface area contributed by atoms with E-state index in [1.165, 1.54) is 11.3 Å². The molecule has 182 valence electrons. The normalized spacial score (nSPS) is 12.7. The van der Waals surface area contributed by atoms with E-state index in [0.717, 1.165) is 21.6 Å². The predicted molar refractivity (Wildman–Crippen MR) is 139 cm³/mol. The summed E-state index contributed by atoms with van der Waals surface area (Å²) in [6.07, 6.45) is 0.220. The van der Waals surface area contributed by atoms with Crippen molar-refractivity contribution in [3.63, 3.8) is 0 Å². The van der Waals surface area contributed by atoms with E-state index in [0.29, 0.717) is 18.0 Å². The summed E-state index contributed by atoms with van der Waals surface area (Å²) < 4.78 is 11.0. The summed E-state index contributed by atoms with van der Waals surface area (Å²) >= 11 is 1.53. The van der Waals surface area contributed by atoms with Gasteiger partial charge in [0.05, 0.1) is 6.42 Å². The van der Waals surface area contributed by atoms with Crippen LogP contribution >= 0.6 is 11.3 Å². The molecule has 4 aromatic rings. The second-order valence-electron chi connectivity index (χ2n) is 8.48. The van der Waals surface area contributed by atoms with Gasteiger partial charge in [0.25, 0.3) is 0 Å². The molecule has 0 spiro atoms. The van der Waals surface area contributed by atoms with Crippen LogP contribution in [0, 0.1) is 0 Å². The summed E-state index contributed by atoms with van der Waals surface area (Å²) in [5.41, 5.74) is 2.60. The zero-order valence-corrected chi connectivity index (χ0v) is 20.4. The molecule has 0 unspecified atom stereocenters. The minimum absolute atomic E-state index is 0.126. The number of carbonyl (C=O) groups is 2. The van der Waals surface area contributed by atoms with Crippen molar-refractivity contribution in [1.29, 1.82) is 0 Å². The lowest BCUT2D eigenvalue weighted by atomic mass is 10.0. The van der Waals surface area contributed by atoms with Gasteiger partial charge >= 0.3 is 0 Å². The molecule has 0 fully saturated rings. The molecule has 36 heavy (non-hydrogen) atoms. The van der Waals surface area contributed by atoms with E-state index in [2.05, 4.69) is 5.32 Å². The van der Waals surface area contributed by atoms with Crippen molar-refractivity contribution >= 4 is 23.2 Å². The summed E-state index contributed by atoms with van der Waals surface area (Å²) in [5, 5.41) is 4.99. The van der Waals surface area contributed by atoms with Crippen molar-refractivity contribution in [3.8, 4) is 11.5 Å². The standard InChI is InChI=1S/C29H26N2O4S/c32-27(17-24-12-7-15-36-24)31(19-22-13-14-25-26(16-22)35-20-34-25)28(23-10-5-2-6-11-23)29(33)30-18-21-8-3-1-4-9-21/h1-16,28H,17-20H2,(H,30,33)/t28-/m0/s1. The molecule has 3 aromatic carbocycles. The molecule has 0 saturated carbocycles. The molecule has 0 saturated heterocycles. The minimum Gasteiger partial charge on any atom is -0.454 e. The van der Waals surface area contributed by atoms with E-state index in [-0.39, 0.29) is 31.6 Å². The van der Waals surface area contributed by atoms with E-state index in [9.17, 15) is 9.59 Å². The van der Waals surface area contributed by atoms with Crippen molar-refractivity contribution in [3.05, 3.63) is 118 Å². The fraction of sp³-hybridized carbons (Fsp3) is 0.172. The molecule has 0 aliphatic carbocycles. The Balaban J connectivity index is 1.47. The van der Waals surface area contributed by atoms with Crippen LogP contribution in [0.3, 0.4) is 0 Å². The largest absolute Gasteiger partial charge is 0.454 e. The molecule has 0 radical (unpaired) electrons. The van der Waals surface area contributed by atoms with Crippen LogP contribution in [0.2, 0.25) is 0 Å². The Bertz CT molecular complexity index is 1310. The summed E-state index contributed by atoms with van der Waals surface area (Å²) in [4.78, 5) is 30.0. The van der Waals surface area contributed by atoms with E-state index >= 15 is 0 Å². The van der Waals surface area contributed by atoms with Gasteiger partial charge in [-0.2, -0.15) is 0 Å². The first-order valence-corrected chi connectivity index (χ1v) is 12.6. The molecule has 6 nitrogen and oxygen atoms in total. The van der Waals surface area contributed by atoms with Gasteiger partial charge in [-0.05, 0) is 40.3 Å². The Labute approximate surface area is 214 Å². The maximum Gasteiger partial charge on any atom is 0.247 e. The highest BCUT2D eigenvalue weighted by Crippen LogP contribution is 2.34. The molecule has 7 heteroatoms. The van der Waals surface area contributed by atoms with Gasteiger partial charge in [-0.15, -0.1) is 11.3 Å². The van der Waals surface area contributed by atoms with Crippen LogP contribution in [0.25, 0.3) is 0 Å². The van der Waals surface area contributed by atoms with Crippen LogP contribution < -0.4 is 14.8 Å².